The van der Waals surface area contributed by atoms with Gasteiger partial charge in [0.1, 0.15) is 5.69 Å². The zero-order valence-corrected chi connectivity index (χ0v) is 9.13. The normalized spacial score (nSPS) is 12.5. The molecule has 0 radical (unpaired) electrons. The van der Waals surface area contributed by atoms with Crippen LogP contribution in [0.5, 0.6) is 0 Å². The van der Waals surface area contributed by atoms with E-state index >= 15 is 0 Å². The van der Waals surface area contributed by atoms with Crippen molar-refractivity contribution in [1.29, 1.82) is 0 Å². The van der Waals surface area contributed by atoms with E-state index in [1.165, 1.54) is 0 Å². The highest BCUT2D eigenvalue weighted by molar-refractivity contribution is 7.90. The molecule has 9 heteroatoms. The second-order valence-corrected chi connectivity index (χ2v) is 5.06. The van der Waals surface area contributed by atoms with Crippen LogP contribution in [0.3, 0.4) is 0 Å². The molecule has 0 aliphatic heterocycles. The monoisotopic (exact) mass is 269 g/mol. The lowest BCUT2D eigenvalue weighted by atomic mass is 10.2. The Balaban J connectivity index is 3.57. The van der Waals surface area contributed by atoms with E-state index in [1.807, 2.05) is 0 Å². The van der Waals surface area contributed by atoms with Gasteiger partial charge in [0.25, 0.3) is 0 Å². The maximum absolute atomic E-state index is 12.3. The summed E-state index contributed by atoms with van der Waals surface area (Å²) < 4.78 is 59.1. The van der Waals surface area contributed by atoms with Crippen molar-refractivity contribution in [3.63, 3.8) is 0 Å². The number of aromatic nitrogens is 1. The third kappa shape index (κ3) is 2.93. The highest BCUT2D eigenvalue weighted by Gasteiger charge is 2.34. The molecule has 0 fully saturated rings. The van der Waals surface area contributed by atoms with Gasteiger partial charge in [0.2, 0.25) is 0 Å². The first-order chi connectivity index (χ1) is 7.53. The first-order valence-corrected chi connectivity index (χ1v) is 5.94. The molecule has 0 atom stereocenters. The molecule has 1 aromatic heterocycles. The quantitative estimate of drug-likeness (QED) is 0.872. The number of aromatic carboxylic acids is 1. The lowest BCUT2D eigenvalue weighted by Crippen LogP contribution is -2.15. The van der Waals surface area contributed by atoms with Crippen molar-refractivity contribution in [3.8, 4) is 0 Å². The predicted octanol–water partition coefficient (Wildman–Crippen LogP) is 1.20. The number of alkyl halides is 3. The summed E-state index contributed by atoms with van der Waals surface area (Å²) in [5.74, 6) is -1.66. The topological polar surface area (TPSA) is 84.3 Å². The van der Waals surface area contributed by atoms with Crippen molar-refractivity contribution < 1.29 is 31.5 Å². The first kappa shape index (κ1) is 13.4. The minimum atomic E-state index is -4.84. The zero-order chi connectivity index (χ0) is 13.4. The summed E-state index contributed by atoms with van der Waals surface area (Å²) in [5.41, 5.74) is -2.25. The van der Waals surface area contributed by atoms with Crippen molar-refractivity contribution >= 4 is 15.8 Å². The van der Waals surface area contributed by atoms with Crippen LogP contribution in [0.2, 0.25) is 0 Å². The van der Waals surface area contributed by atoms with E-state index in [-0.39, 0.29) is 0 Å². The van der Waals surface area contributed by atoms with Crippen molar-refractivity contribution in [2.75, 3.05) is 6.26 Å². The van der Waals surface area contributed by atoms with Gasteiger partial charge in [-0.1, -0.05) is 0 Å². The number of hydrogen-bond acceptors (Lipinski definition) is 4. The molecule has 0 amide bonds. The van der Waals surface area contributed by atoms with E-state index in [4.69, 9.17) is 5.11 Å². The molecule has 0 saturated heterocycles. The summed E-state index contributed by atoms with van der Waals surface area (Å²) in [4.78, 5) is 13.5. The van der Waals surface area contributed by atoms with Crippen LogP contribution < -0.4 is 0 Å². The fourth-order valence-corrected chi connectivity index (χ4v) is 1.86. The van der Waals surface area contributed by atoms with Gasteiger partial charge in [0, 0.05) is 6.26 Å². The third-order valence-corrected chi connectivity index (χ3v) is 2.75. The number of rotatable bonds is 2. The van der Waals surface area contributed by atoms with Crippen molar-refractivity contribution in [2.24, 2.45) is 0 Å². The molecule has 94 valence electrons. The Morgan fingerprint density at radius 1 is 1.35 bits per heavy atom. The lowest BCUT2D eigenvalue weighted by Gasteiger charge is -2.08. The second kappa shape index (κ2) is 3.99. The van der Waals surface area contributed by atoms with E-state index in [2.05, 4.69) is 4.98 Å². The zero-order valence-electron chi connectivity index (χ0n) is 8.32. The van der Waals surface area contributed by atoms with E-state index in [1.54, 1.807) is 0 Å². The summed E-state index contributed by atoms with van der Waals surface area (Å²) in [6.45, 7) is 0. The van der Waals surface area contributed by atoms with E-state index < -0.39 is 38.3 Å². The molecular formula is C8H6F3NO4S. The largest absolute Gasteiger partial charge is 0.478 e. The Labute approximate surface area is 93.8 Å². The Morgan fingerprint density at radius 2 is 1.88 bits per heavy atom. The van der Waals surface area contributed by atoms with Crippen molar-refractivity contribution in [2.45, 2.75) is 11.2 Å². The molecule has 0 aliphatic rings. The third-order valence-electron chi connectivity index (χ3n) is 1.73. The van der Waals surface area contributed by atoms with Crippen LogP contribution in [0.4, 0.5) is 13.2 Å². The number of hydrogen-bond donors (Lipinski definition) is 1. The number of carbonyl (C=O) groups is 1. The Morgan fingerprint density at radius 3 is 2.24 bits per heavy atom. The van der Waals surface area contributed by atoms with Crippen LogP contribution in [0, 0.1) is 0 Å². The molecule has 17 heavy (non-hydrogen) atoms. The minimum absolute atomic E-state index is 0.415. The summed E-state index contributed by atoms with van der Waals surface area (Å²) >= 11 is 0. The van der Waals surface area contributed by atoms with E-state index in [0.717, 1.165) is 0 Å². The highest BCUT2D eigenvalue weighted by Crippen LogP contribution is 2.29. The van der Waals surface area contributed by atoms with Gasteiger partial charge in [0.15, 0.2) is 14.9 Å². The molecule has 5 nitrogen and oxygen atoms in total. The molecule has 1 heterocycles. The van der Waals surface area contributed by atoms with Crippen LogP contribution in [-0.4, -0.2) is 30.7 Å². The summed E-state index contributed by atoms with van der Waals surface area (Å²) in [5, 5.41) is 7.54. The second-order valence-electron chi connectivity index (χ2n) is 3.12. The Bertz CT molecular complexity index is 565. The SMILES string of the molecule is CS(=O)(=O)c1nc(C(F)(F)F)ccc1C(=O)O. The Hall–Kier alpha value is -1.64. The average Bonchev–Trinajstić information content (AvgIpc) is 2.14. The van der Waals surface area contributed by atoms with Gasteiger partial charge >= 0.3 is 12.1 Å². The molecule has 1 N–H and O–H groups in total. The summed E-state index contributed by atoms with van der Waals surface area (Å²) in [7, 11) is -4.15. The maximum Gasteiger partial charge on any atom is 0.433 e. The van der Waals surface area contributed by atoms with E-state index in [9.17, 15) is 26.4 Å². The van der Waals surface area contributed by atoms with Crippen molar-refractivity contribution in [3.05, 3.63) is 23.4 Å². The van der Waals surface area contributed by atoms with Gasteiger partial charge in [-0.25, -0.2) is 18.2 Å². The van der Waals surface area contributed by atoms with Crippen LogP contribution in [-0.2, 0) is 16.0 Å². The molecule has 0 aliphatic carbocycles. The number of sulfone groups is 1. The van der Waals surface area contributed by atoms with E-state index in [0.29, 0.717) is 18.4 Å². The molecule has 1 rings (SSSR count). The molecule has 0 unspecified atom stereocenters. The Kier molecular flexibility index (Phi) is 3.15. The number of carboxylic acid groups (broad SMARTS) is 1. The maximum atomic E-state index is 12.3. The van der Waals surface area contributed by atoms with Gasteiger partial charge in [-0.3, -0.25) is 0 Å². The minimum Gasteiger partial charge on any atom is -0.478 e. The summed E-state index contributed by atoms with van der Waals surface area (Å²) in [6.07, 6.45) is -4.25. The van der Waals surface area contributed by atoms with Gasteiger partial charge in [0.05, 0.1) is 5.56 Å². The molecule has 1 aromatic rings. The molecule has 0 aromatic carbocycles. The molecule has 0 spiro atoms. The fraction of sp³-hybridized carbons (Fsp3) is 0.250. The van der Waals surface area contributed by atoms with Crippen LogP contribution in [0.15, 0.2) is 17.2 Å². The van der Waals surface area contributed by atoms with Crippen LogP contribution in [0.25, 0.3) is 0 Å². The van der Waals surface area contributed by atoms with Gasteiger partial charge in [-0.2, -0.15) is 13.2 Å². The van der Waals surface area contributed by atoms with Crippen LogP contribution >= 0.6 is 0 Å². The van der Waals surface area contributed by atoms with Crippen LogP contribution in [0.1, 0.15) is 16.1 Å². The molecular weight excluding hydrogens is 263 g/mol. The number of pyridine rings is 1. The van der Waals surface area contributed by atoms with Gasteiger partial charge in [-0.15, -0.1) is 0 Å². The van der Waals surface area contributed by atoms with Gasteiger partial charge < -0.3 is 5.11 Å². The smallest absolute Gasteiger partial charge is 0.433 e. The fourth-order valence-electron chi connectivity index (χ4n) is 1.04. The van der Waals surface area contributed by atoms with Crippen molar-refractivity contribution in [1.82, 2.24) is 4.98 Å². The predicted molar refractivity (Wildman–Crippen MR) is 49.3 cm³/mol. The number of nitrogens with zero attached hydrogens (tertiary/aromatic N) is 1. The summed E-state index contributed by atoms with van der Waals surface area (Å²) in [6, 6.07) is 0.979. The lowest BCUT2D eigenvalue weighted by molar-refractivity contribution is -0.141. The average molecular weight is 269 g/mol. The number of carboxylic acids is 1. The number of halogens is 3. The molecule has 0 saturated carbocycles. The standard InChI is InChI=1S/C8H6F3NO4S/c1-17(15,16)6-4(7(13)14)2-3-5(12-6)8(9,10)11/h2-3H,1H3,(H,13,14). The first-order valence-electron chi connectivity index (χ1n) is 4.05. The molecule has 0 bridgehead atoms. The highest BCUT2D eigenvalue weighted by atomic mass is 32.2. The van der Waals surface area contributed by atoms with Gasteiger partial charge in [-0.05, 0) is 12.1 Å².